The Morgan fingerprint density at radius 2 is 1.74 bits per heavy atom. The highest BCUT2D eigenvalue weighted by atomic mass is 35.5. The van der Waals surface area contributed by atoms with Crippen molar-refractivity contribution in [2.45, 2.75) is 64.0 Å². The quantitative estimate of drug-likeness (QED) is 0.647. The molecule has 2 bridgehead atoms. The van der Waals surface area contributed by atoms with Crippen molar-refractivity contribution < 1.29 is 21.9 Å². The molecule has 1 aliphatic heterocycles. The molecule has 0 aromatic carbocycles. The number of esters is 1. The maximum Gasteiger partial charge on any atom is 0.302 e. The van der Waals surface area contributed by atoms with Gasteiger partial charge in [-0.15, -0.1) is 0 Å². The van der Waals surface area contributed by atoms with E-state index in [0.29, 0.717) is 17.9 Å². The highest BCUT2D eigenvalue weighted by Crippen LogP contribution is 2.46. The van der Waals surface area contributed by atoms with Gasteiger partial charge in [0.2, 0.25) is 0 Å². The standard InChI is InChI=1S/C15H25NO2.ClH/c1-11(17)18-15-12-5-7-13(15)14(8-6-12)16-9-3-2-4-10-16;/h12-15H,2-10H2,1H3;1H/p-1. The number of carbonyl (C=O) groups excluding carboxylic acids is 1. The Morgan fingerprint density at radius 3 is 2.42 bits per heavy atom. The molecule has 3 nitrogen and oxygen atoms in total. The zero-order valence-corrected chi connectivity index (χ0v) is 12.6. The molecule has 4 unspecified atom stereocenters. The van der Waals surface area contributed by atoms with Crippen LogP contribution in [0.4, 0.5) is 0 Å². The van der Waals surface area contributed by atoms with E-state index in [1.807, 2.05) is 0 Å². The summed E-state index contributed by atoms with van der Waals surface area (Å²) >= 11 is 0. The molecule has 1 heterocycles. The van der Waals surface area contributed by atoms with Crippen LogP contribution in [-0.2, 0) is 9.53 Å². The van der Waals surface area contributed by atoms with E-state index in [2.05, 4.69) is 4.90 Å². The van der Waals surface area contributed by atoms with E-state index in [9.17, 15) is 4.79 Å². The smallest absolute Gasteiger partial charge is 0.302 e. The predicted octanol–water partition coefficient (Wildman–Crippen LogP) is -0.403. The molecule has 0 amide bonds. The molecule has 3 aliphatic rings. The molecule has 1 saturated heterocycles. The van der Waals surface area contributed by atoms with Crippen molar-refractivity contribution in [3.8, 4) is 0 Å². The largest absolute Gasteiger partial charge is 1.00 e. The van der Waals surface area contributed by atoms with Gasteiger partial charge in [-0.1, -0.05) is 6.42 Å². The van der Waals surface area contributed by atoms with Crippen molar-refractivity contribution in [1.29, 1.82) is 0 Å². The summed E-state index contributed by atoms with van der Waals surface area (Å²) < 4.78 is 5.63. The van der Waals surface area contributed by atoms with E-state index >= 15 is 0 Å². The molecule has 2 saturated carbocycles. The van der Waals surface area contributed by atoms with Crippen LogP contribution in [0.15, 0.2) is 0 Å². The molecule has 19 heavy (non-hydrogen) atoms. The molecule has 0 radical (unpaired) electrons. The molecule has 2 aliphatic carbocycles. The van der Waals surface area contributed by atoms with Crippen LogP contribution in [0.25, 0.3) is 0 Å². The molecule has 0 aromatic rings. The van der Waals surface area contributed by atoms with Gasteiger partial charge in [-0.2, -0.15) is 0 Å². The third kappa shape index (κ3) is 3.08. The van der Waals surface area contributed by atoms with Crippen LogP contribution in [-0.4, -0.2) is 36.1 Å². The van der Waals surface area contributed by atoms with Crippen molar-refractivity contribution in [3.63, 3.8) is 0 Å². The minimum Gasteiger partial charge on any atom is -1.00 e. The Morgan fingerprint density at radius 1 is 1.05 bits per heavy atom. The number of likely N-dealkylation sites (tertiary alicyclic amines) is 1. The lowest BCUT2D eigenvalue weighted by Crippen LogP contribution is -3.00. The van der Waals surface area contributed by atoms with Crippen LogP contribution in [0.5, 0.6) is 0 Å². The van der Waals surface area contributed by atoms with Gasteiger partial charge in [0.1, 0.15) is 6.10 Å². The highest BCUT2D eigenvalue weighted by molar-refractivity contribution is 5.66. The van der Waals surface area contributed by atoms with Gasteiger partial charge in [0, 0.05) is 18.9 Å². The van der Waals surface area contributed by atoms with Crippen LogP contribution in [0.2, 0.25) is 0 Å². The monoisotopic (exact) mass is 286 g/mol. The molecule has 3 fully saturated rings. The van der Waals surface area contributed by atoms with Crippen LogP contribution < -0.4 is 12.4 Å². The normalized spacial score (nSPS) is 38.6. The minimum atomic E-state index is -0.0869. The first-order valence-electron chi connectivity index (χ1n) is 7.67. The fraction of sp³-hybridized carbons (Fsp3) is 0.933. The van der Waals surface area contributed by atoms with Gasteiger partial charge in [-0.3, -0.25) is 9.69 Å². The summed E-state index contributed by atoms with van der Waals surface area (Å²) in [6, 6.07) is 0.688. The number of fused-ring (bicyclic) bond motifs is 2. The van der Waals surface area contributed by atoms with Gasteiger partial charge in [0.25, 0.3) is 0 Å². The number of piperidine rings is 1. The van der Waals surface area contributed by atoms with E-state index in [0.717, 1.165) is 0 Å². The fourth-order valence-electron chi connectivity index (χ4n) is 4.48. The second kappa shape index (κ2) is 6.45. The average molecular weight is 287 g/mol. The van der Waals surface area contributed by atoms with E-state index in [1.54, 1.807) is 6.92 Å². The molecule has 3 rings (SSSR count). The number of carbonyl (C=O) groups is 1. The third-order valence-electron chi connectivity index (χ3n) is 5.25. The first-order valence-corrected chi connectivity index (χ1v) is 7.67. The Hall–Kier alpha value is -0.280. The van der Waals surface area contributed by atoms with Gasteiger partial charge in [-0.25, -0.2) is 0 Å². The third-order valence-corrected chi connectivity index (χ3v) is 5.25. The van der Waals surface area contributed by atoms with E-state index in [1.165, 1.54) is 58.0 Å². The summed E-state index contributed by atoms with van der Waals surface area (Å²) in [6.07, 6.45) is 9.45. The van der Waals surface area contributed by atoms with Crippen molar-refractivity contribution in [1.82, 2.24) is 4.90 Å². The molecule has 110 valence electrons. The molecule has 4 heteroatoms. The van der Waals surface area contributed by atoms with Gasteiger partial charge in [0.05, 0.1) is 0 Å². The highest BCUT2D eigenvalue weighted by Gasteiger charge is 2.47. The lowest BCUT2D eigenvalue weighted by atomic mass is 9.80. The maximum absolute atomic E-state index is 11.3. The first-order chi connectivity index (χ1) is 8.75. The molecular weight excluding hydrogens is 262 g/mol. The van der Waals surface area contributed by atoms with Crippen molar-refractivity contribution in [2.75, 3.05) is 13.1 Å². The number of rotatable bonds is 2. The minimum absolute atomic E-state index is 0. The van der Waals surface area contributed by atoms with Gasteiger partial charge in [-0.05, 0) is 57.5 Å². The first kappa shape index (κ1) is 15.1. The Kier molecular flexibility index (Phi) is 5.13. The molecule has 4 atom stereocenters. The fourth-order valence-corrected chi connectivity index (χ4v) is 4.48. The topological polar surface area (TPSA) is 29.5 Å². The van der Waals surface area contributed by atoms with Crippen molar-refractivity contribution in [2.24, 2.45) is 11.8 Å². The summed E-state index contributed by atoms with van der Waals surface area (Å²) in [4.78, 5) is 14.0. The molecule has 0 spiro atoms. The zero-order valence-electron chi connectivity index (χ0n) is 11.8. The molecule has 0 N–H and O–H groups in total. The number of halogens is 1. The molecular formula is C15H25ClNO2-. The zero-order chi connectivity index (χ0) is 12.5. The van der Waals surface area contributed by atoms with Crippen LogP contribution in [0.1, 0.15) is 51.9 Å². The number of nitrogens with zero attached hydrogens (tertiary/aromatic N) is 1. The Labute approximate surface area is 122 Å². The van der Waals surface area contributed by atoms with E-state index < -0.39 is 0 Å². The second-order valence-electron chi connectivity index (χ2n) is 6.32. The van der Waals surface area contributed by atoms with E-state index in [-0.39, 0.29) is 24.5 Å². The Balaban J connectivity index is 0.00000133. The van der Waals surface area contributed by atoms with Gasteiger partial charge >= 0.3 is 5.97 Å². The SMILES string of the molecule is CC(=O)OC1C2CCC1C(N1CCCCC1)CC2.[Cl-]. The van der Waals surface area contributed by atoms with Gasteiger partial charge < -0.3 is 17.1 Å². The summed E-state index contributed by atoms with van der Waals surface area (Å²) in [5.41, 5.74) is 0. The predicted molar refractivity (Wildman–Crippen MR) is 70.2 cm³/mol. The summed E-state index contributed by atoms with van der Waals surface area (Å²) in [5, 5.41) is 0. The second-order valence-corrected chi connectivity index (χ2v) is 6.32. The Bertz CT molecular complexity index is 317. The average Bonchev–Trinajstić information content (AvgIpc) is 2.62. The van der Waals surface area contributed by atoms with Gasteiger partial charge in [0.15, 0.2) is 0 Å². The summed E-state index contributed by atoms with van der Waals surface area (Å²) in [7, 11) is 0. The van der Waals surface area contributed by atoms with Crippen molar-refractivity contribution >= 4 is 5.97 Å². The lowest BCUT2D eigenvalue weighted by molar-refractivity contribution is -0.154. The van der Waals surface area contributed by atoms with E-state index in [4.69, 9.17) is 4.74 Å². The summed E-state index contributed by atoms with van der Waals surface area (Å²) in [5.74, 6) is 1.18. The van der Waals surface area contributed by atoms with Crippen molar-refractivity contribution in [3.05, 3.63) is 0 Å². The maximum atomic E-state index is 11.3. The number of hydrogen-bond acceptors (Lipinski definition) is 3. The van der Waals surface area contributed by atoms with Crippen LogP contribution in [0, 0.1) is 11.8 Å². The number of hydrogen-bond donors (Lipinski definition) is 0. The lowest BCUT2D eigenvalue weighted by Gasteiger charge is -2.43. The molecule has 0 aromatic heterocycles. The van der Waals surface area contributed by atoms with Crippen LogP contribution >= 0.6 is 0 Å². The van der Waals surface area contributed by atoms with Crippen LogP contribution in [0.3, 0.4) is 0 Å². The number of ether oxygens (including phenoxy) is 1. The summed E-state index contributed by atoms with van der Waals surface area (Å²) in [6.45, 7) is 4.08.